The molecular weight excluding hydrogens is 234 g/mol. The van der Waals surface area contributed by atoms with Gasteiger partial charge in [0, 0.05) is 13.0 Å². The number of hydrogen-bond donors (Lipinski definition) is 0. The molecule has 5 nitrogen and oxygen atoms in total. The molecule has 1 aromatic carbocycles. The summed E-state index contributed by atoms with van der Waals surface area (Å²) < 4.78 is 10.7. The van der Waals surface area contributed by atoms with Gasteiger partial charge in [0.05, 0.1) is 18.6 Å². The molecule has 0 amide bonds. The topological polar surface area (TPSA) is 61.6 Å². The number of ether oxygens (including phenoxy) is 2. The second-order valence-corrected chi connectivity index (χ2v) is 3.80. The zero-order valence-electron chi connectivity index (χ0n) is 10.8. The van der Waals surface area contributed by atoms with E-state index >= 15 is 0 Å². The van der Waals surface area contributed by atoms with Crippen LogP contribution in [-0.4, -0.2) is 18.6 Å². The van der Waals surface area contributed by atoms with Crippen molar-refractivity contribution in [1.82, 2.24) is 0 Å². The molecule has 0 radical (unpaired) electrons. The van der Waals surface area contributed by atoms with Crippen molar-refractivity contribution in [3.63, 3.8) is 0 Å². The summed E-state index contributed by atoms with van der Waals surface area (Å²) in [4.78, 5) is 10.1. The van der Waals surface area contributed by atoms with E-state index in [-0.39, 0.29) is 5.70 Å². The van der Waals surface area contributed by atoms with Crippen LogP contribution in [0, 0.1) is 10.1 Å². The van der Waals surface area contributed by atoms with E-state index in [2.05, 4.69) is 0 Å². The molecule has 0 atom stereocenters. The SMILES string of the molecule is CCCOc1cc(/C=C(\C)[N+](=O)[O-])ccc1OC. The standard InChI is InChI=1S/C13H17NO4/c1-4-7-18-13-9-11(5-6-12(13)17-3)8-10(2)14(15)16/h5-6,8-9H,4,7H2,1-3H3/b10-8+. The molecule has 1 aromatic rings. The predicted molar refractivity (Wildman–Crippen MR) is 69.4 cm³/mol. The maximum Gasteiger partial charge on any atom is 0.243 e. The van der Waals surface area contributed by atoms with Crippen molar-refractivity contribution in [2.24, 2.45) is 0 Å². The van der Waals surface area contributed by atoms with E-state index in [4.69, 9.17) is 9.47 Å². The summed E-state index contributed by atoms with van der Waals surface area (Å²) in [5.41, 5.74) is 0.803. The molecule has 0 aliphatic heterocycles. The van der Waals surface area contributed by atoms with Crippen molar-refractivity contribution in [2.75, 3.05) is 13.7 Å². The normalized spacial score (nSPS) is 11.2. The average molecular weight is 251 g/mol. The number of nitrogens with zero attached hydrogens (tertiary/aromatic N) is 1. The van der Waals surface area contributed by atoms with Crippen molar-refractivity contribution in [3.05, 3.63) is 39.6 Å². The summed E-state index contributed by atoms with van der Waals surface area (Å²) in [6.07, 6.45) is 2.38. The predicted octanol–water partition coefficient (Wildman–Crippen LogP) is 3.12. The Labute approximate surface area is 106 Å². The van der Waals surface area contributed by atoms with Gasteiger partial charge in [-0.3, -0.25) is 10.1 Å². The number of rotatable bonds is 6. The minimum absolute atomic E-state index is 0.0848. The van der Waals surface area contributed by atoms with Crippen LogP contribution in [0.2, 0.25) is 0 Å². The first-order valence-electron chi connectivity index (χ1n) is 5.72. The van der Waals surface area contributed by atoms with Gasteiger partial charge in [0.25, 0.3) is 0 Å². The average Bonchev–Trinajstić information content (AvgIpc) is 2.36. The van der Waals surface area contributed by atoms with E-state index in [1.165, 1.54) is 13.0 Å². The van der Waals surface area contributed by atoms with Crippen LogP contribution in [0.1, 0.15) is 25.8 Å². The molecule has 0 bridgehead atoms. The molecule has 0 aliphatic carbocycles. The highest BCUT2D eigenvalue weighted by atomic mass is 16.6. The smallest absolute Gasteiger partial charge is 0.243 e. The molecule has 0 spiro atoms. The highest BCUT2D eigenvalue weighted by Crippen LogP contribution is 2.29. The van der Waals surface area contributed by atoms with E-state index < -0.39 is 4.92 Å². The molecular formula is C13H17NO4. The largest absolute Gasteiger partial charge is 0.493 e. The summed E-state index contributed by atoms with van der Waals surface area (Å²) in [5.74, 6) is 1.23. The zero-order chi connectivity index (χ0) is 13.5. The Morgan fingerprint density at radius 3 is 2.72 bits per heavy atom. The third-order valence-corrected chi connectivity index (χ3v) is 2.31. The Morgan fingerprint density at radius 2 is 2.17 bits per heavy atom. The Morgan fingerprint density at radius 1 is 1.44 bits per heavy atom. The number of methoxy groups -OCH3 is 1. The molecule has 0 heterocycles. The maximum atomic E-state index is 10.6. The van der Waals surface area contributed by atoms with Crippen molar-refractivity contribution in [1.29, 1.82) is 0 Å². The fourth-order valence-electron chi connectivity index (χ4n) is 1.40. The second-order valence-electron chi connectivity index (χ2n) is 3.80. The summed E-state index contributed by atoms with van der Waals surface area (Å²) in [6.45, 7) is 4.04. The van der Waals surface area contributed by atoms with E-state index in [1.54, 1.807) is 25.3 Å². The number of benzene rings is 1. The van der Waals surface area contributed by atoms with Gasteiger partial charge in [0.15, 0.2) is 11.5 Å². The fourth-order valence-corrected chi connectivity index (χ4v) is 1.40. The Kier molecular flexibility index (Phi) is 5.17. The second kappa shape index (κ2) is 6.64. The molecule has 0 saturated heterocycles. The molecule has 0 unspecified atom stereocenters. The first kappa shape index (κ1) is 14.0. The van der Waals surface area contributed by atoms with Gasteiger partial charge in [0.1, 0.15) is 0 Å². The van der Waals surface area contributed by atoms with Gasteiger partial charge < -0.3 is 9.47 Å². The van der Waals surface area contributed by atoms with Crippen molar-refractivity contribution in [3.8, 4) is 11.5 Å². The summed E-state index contributed by atoms with van der Waals surface area (Å²) in [5, 5.41) is 10.6. The minimum Gasteiger partial charge on any atom is -0.493 e. The number of nitro groups is 1. The highest BCUT2D eigenvalue weighted by molar-refractivity contribution is 5.56. The van der Waals surface area contributed by atoms with Crippen LogP contribution >= 0.6 is 0 Å². The number of hydrogen-bond acceptors (Lipinski definition) is 4. The molecule has 0 aliphatic rings. The third kappa shape index (κ3) is 3.76. The first-order valence-corrected chi connectivity index (χ1v) is 5.72. The van der Waals surface area contributed by atoms with Gasteiger partial charge in [-0.05, 0) is 24.1 Å². The Hall–Kier alpha value is -2.04. The van der Waals surface area contributed by atoms with E-state index in [0.717, 1.165) is 12.0 Å². The van der Waals surface area contributed by atoms with Crippen LogP contribution in [0.15, 0.2) is 23.9 Å². The molecule has 5 heteroatoms. The van der Waals surface area contributed by atoms with Crippen LogP contribution in [0.5, 0.6) is 11.5 Å². The quantitative estimate of drug-likeness (QED) is 0.575. The van der Waals surface area contributed by atoms with Gasteiger partial charge in [-0.1, -0.05) is 13.0 Å². The molecule has 1 rings (SSSR count). The summed E-state index contributed by atoms with van der Waals surface area (Å²) in [6, 6.07) is 5.23. The lowest BCUT2D eigenvalue weighted by atomic mass is 10.1. The maximum absolute atomic E-state index is 10.6. The fraction of sp³-hybridized carbons (Fsp3) is 0.385. The first-order chi connectivity index (χ1) is 8.58. The minimum atomic E-state index is -0.420. The molecule has 18 heavy (non-hydrogen) atoms. The Bertz CT molecular complexity index is 454. The Balaban J connectivity index is 3.02. The summed E-state index contributed by atoms with van der Waals surface area (Å²) >= 11 is 0. The van der Waals surface area contributed by atoms with Crippen molar-refractivity contribution < 1.29 is 14.4 Å². The van der Waals surface area contributed by atoms with Gasteiger partial charge >= 0.3 is 0 Å². The molecule has 0 saturated carbocycles. The van der Waals surface area contributed by atoms with Gasteiger partial charge in [-0.2, -0.15) is 0 Å². The highest BCUT2D eigenvalue weighted by Gasteiger charge is 2.07. The van der Waals surface area contributed by atoms with Crippen molar-refractivity contribution in [2.45, 2.75) is 20.3 Å². The third-order valence-electron chi connectivity index (χ3n) is 2.31. The molecule has 0 N–H and O–H groups in total. The number of allylic oxidation sites excluding steroid dienone is 1. The van der Waals surface area contributed by atoms with E-state index in [9.17, 15) is 10.1 Å². The van der Waals surface area contributed by atoms with Gasteiger partial charge in [-0.25, -0.2) is 0 Å². The van der Waals surface area contributed by atoms with Crippen LogP contribution in [0.25, 0.3) is 6.08 Å². The van der Waals surface area contributed by atoms with E-state index in [0.29, 0.717) is 18.1 Å². The van der Waals surface area contributed by atoms with Gasteiger partial charge in [-0.15, -0.1) is 0 Å². The van der Waals surface area contributed by atoms with Crippen LogP contribution in [-0.2, 0) is 0 Å². The van der Waals surface area contributed by atoms with Crippen LogP contribution in [0.3, 0.4) is 0 Å². The van der Waals surface area contributed by atoms with Crippen molar-refractivity contribution >= 4 is 6.08 Å². The lowest BCUT2D eigenvalue weighted by molar-refractivity contribution is -0.422. The van der Waals surface area contributed by atoms with Gasteiger partial charge in [0.2, 0.25) is 5.70 Å². The van der Waals surface area contributed by atoms with E-state index in [1.807, 2.05) is 6.92 Å². The van der Waals surface area contributed by atoms with Crippen LogP contribution < -0.4 is 9.47 Å². The van der Waals surface area contributed by atoms with Crippen LogP contribution in [0.4, 0.5) is 0 Å². The summed E-state index contributed by atoms with van der Waals surface area (Å²) in [7, 11) is 1.56. The lowest BCUT2D eigenvalue weighted by Crippen LogP contribution is -1.98. The monoisotopic (exact) mass is 251 g/mol. The zero-order valence-corrected chi connectivity index (χ0v) is 10.8. The molecule has 0 aromatic heterocycles. The molecule has 98 valence electrons. The molecule has 0 fully saturated rings. The lowest BCUT2D eigenvalue weighted by Gasteiger charge is -2.10.